The minimum Gasteiger partial charge on any atom is -0.362 e. The number of hydrogen-bond donors (Lipinski definition) is 6. The van der Waals surface area contributed by atoms with Gasteiger partial charge in [-0.1, -0.05) is 100 Å². The molecule has 0 unspecified atom stereocenters. The average molecular weight is 807 g/mol. The first kappa shape index (κ1) is 43.0. The standard InChI is InChI=1S/C46H58N6O7/c1-3-5-7-14-19-40(53)51-46(59,45(58)47-24-6-4-2)29-48-41(54)32-20-22-33(23-21-32)44(57)52-27-36(42(55)49-38-25-34(38)30-15-10-8-11-16-30)37(28-52)43(56)50-39-26-35(39)31-17-12-9-13-18-31/h8-13,15-18,20-23,34-39,59H,3-7,14,19,24-29H2,1-2H3,(H,47,58)(H,48,54)(H,49,55)(H,50,56)(H,51,53)/t34-,35-,36-,37-,38+,39+,46+/m1/s1. The lowest BCUT2D eigenvalue weighted by molar-refractivity contribution is -0.148. The molecule has 1 heterocycles. The molecule has 0 aromatic heterocycles. The van der Waals surface area contributed by atoms with Crippen LogP contribution in [-0.4, -0.2) is 89.4 Å². The molecule has 3 aromatic carbocycles. The maximum absolute atomic E-state index is 13.9. The Hall–Kier alpha value is -5.56. The van der Waals surface area contributed by atoms with Gasteiger partial charge < -0.3 is 36.6 Å². The summed E-state index contributed by atoms with van der Waals surface area (Å²) in [4.78, 5) is 82.0. The first-order chi connectivity index (χ1) is 28.5. The Bertz CT molecular complexity index is 1870. The molecule has 13 nitrogen and oxygen atoms in total. The number of benzene rings is 3. The second-order valence-electron chi connectivity index (χ2n) is 16.2. The summed E-state index contributed by atoms with van der Waals surface area (Å²) in [5.74, 6) is -3.91. The van der Waals surface area contributed by atoms with Gasteiger partial charge in [-0.05, 0) is 61.1 Å². The fourth-order valence-corrected chi connectivity index (χ4v) is 7.90. The quantitative estimate of drug-likeness (QED) is 0.0732. The predicted octanol–water partition coefficient (Wildman–Crippen LogP) is 4.14. The minimum atomic E-state index is -2.37. The zero-order valence-corrected chi connectivity index (χ0v) is 34.1. The first-order valence-corrected chi connectivity index (χ1v) is 21.2. The van der Waals surface area contributed by atoms with Crippen LogP contribution in [-0.2, 0) is 19.2 Å². The number of carbonyl (C=O) groups excluding carboxylic acids is 6. The largest absolute Gasteiger partial charge is 0.362 e. The van der Waals surface area contributed by atoms with Crippen molar-refractivity contribution in [1.29, 1.82) is 0 Å². The molecule has 2 aliphatic carbocycles. The van der Waals surface area contributed by atoms with E-state index in [1.54, 1.807) is 0 Å². The molecule has 0 spiro atoms. The number of amides is 6. The van der Waals surface area contributed by atoms with E-state index in [4.69, 9.17) is 0 Å². The minimum absolute atomic E-state index is 0.0406. The molecule has 3 fully saturated rings. The molecule has 0 radical (unpaired) electrons. The van der Waals surface area contributed by atoms with Crippen molar-refractivity contribution >= 4 is 35.4 Å². The summed E-state index contributed by atoms with van der Waals surface area (Å²) in [5.41, 5.74) is 0.355. The zero-order chi connectivity index (χ0) is 41.9. The smallest absolute Gasteiger partial charge is 0.275 e. The van der Waals surface area contributed by atoms with E-state index in [0.717, 1.165) is 49.7 Å². The highest BCUT2D eigenvalue weighted by molar-refractivity contribution is 5.99. The summed E-state index contributed by atoms with van der Waals surface area (Å²) in [6, 6.07) is 25.8. The molecule has 1 aliphatic heterocycles. The van der Waals surface area contributed by atoms with Gasteiger partial charge in [-0.15, -0.1) is 0 Å². The van der Waals surface area contributed by atoms with E-state index in [0.29, 0.717) is 19.4 Å². The van der Waals surface area contributed by atoms with E-state index in [-0.39, 0.29) is 72.3 Å². The molecule has 13 heteroatoms. The van der Waals surface area contributed by atoms with Crippen LogP contribution >= 0.6 is 0 Å². The second kappa shape index (κ2) is 19.9. The van der Waals surface area contributed by atoms with Crippen molar-refractivity contribution < 1.29 is 33.9 Å². The Morgan fingerprint density at radius 1 is 0.661 bits per heavy atom. The van der Waals surface area contributed by atoms with Crippen LogP contribution < -0.4 is 26.6 Å². The van der Waals surface area contributed by atoms with Crippen LogP contribution in [0.1, 0.15) is 115 Å². The monoisotopic (exact) mass is 806 g/mol. The molecule has 3 aromatic rings. The molecule has 6 amide bonds. The molecule has 3 aliphatic rings. The van der Waals surface area contributed by atoms with Crippen LogP contribution in [0.2, 0.25) is 0 Å². The fraction of sp³-hybridized carbons (Fsp3) is 0.478. The lowest BCUT2D eigenvalue weighted by atomic mass is 9.94. The van der Waals surface area contributed by atoms with Gasteiger partial charge in [-0.3, -0.25) is 28.8 Å². The van der Waals surface area contributed by atoms with Crippen molar-refractivity contribution in [1.82, 2.24) is 31.5 Å². The zero-order valence-electron chi connectivity index (χ0n) is 34.1. The van der Waals surface area contributed by atoms with Gasteiger partial charge >= 0.3 is 0 Å². The summed E-state index contributed by atoms with van der Waals surface area (Å²) >= 11 is 0. The lowest BCUT2D eigenvalue weighted by Crippen LogP contribution is -2.64. The maximum atomic E-state index is 13.9. The first-order valence-electron chi connectivity index (χ1n) is 21.2. The average Bonchev–Trinajstić information content (AvgIpc) is 4.16. The van der Waals surface area contributed by atoms with Gasteiger partial charge in [0.05, 0.1) is 18.4 Å². The van der Waals surface area contributed by atoms with Crippen molar-refractivity contribution in [2.45, 2.75) is 101 Å². The third-order valence-electron chi connectivity index (χ3n) is 11.7. The molecule has 2 saturated carbocycles. The molecule has 1 saturated heterocycles. The van der Waals surface area contributed by atoms with Gasteiger partial charge in [-0.2, -0.15) is 0 Å². The number of nitrogens with one attached hydrogen (secondary N) is 5. The van der Waals surface area contributed by atoms with Gasteiger partial charge in [0, 0.05) is 61.1 Å². The summed E-state index contributed by atoms with van der Waals surface area (Å²) in [7, 11) is 0. The van der Waals surface area contributed by atoms with E-state index in [9.17, 15) is 33.9 Å². The van der Waals surface area contributed by atoms with E-state index in [1.807, 2.05) is 67.6 Å². The number of likely N-dealkylation sites (tertiary alicyclic amines) is 1. The van der Waals surface area contributed by atoms with Crippen molar-refractivity contribution in [3.8, 4) is 0 Å². The SMILES string of the molecule is CCCCCCC(=O)N[C@](O)(CNC(=O)c1ccc(C(=O)N2C[C@@H](C(=O)N[C@H]3C[C@@H]3c3ccccc3)[C@H](C(=O)N[C@H]3C[C@@H]3c3ccccc3)C2)cc1)C(=O)NCCCC. The van der Waals surface area contributed by atoms with Gasteiger partial charge in [0.2, 0.25) is 23.4 Å². The highest BCUT2D eigenvalue weighted by Crippen LogP contribution is 2.42. The third-order valence-corrected chi connectivity index (χ3v) is 11.7. The molecule has 0 bridgehead atoms. The Balaban J connectivity index is 1.08. The van der Waals surface area contributed by atoms with Gasteiger partial charge in [0.15, 0.2) is 0 Å². The number of carbonyl (C=O) groups is 6. The van der Waals surface area contributed by atoms with Crippen LogP contribution in [0.4, 0.5) is 0 Å². The Kier molecular flexibility index (Phi) is 14.5. The predicted molar refractivity (Wildman–Crippen MR) is 223 cm³/mol. The molecule has 6 rings (SSSR count). The maximum Gasteiger partial charge on any atom is 0.275 e. The second-order valence-corrected chi connectivity index (χ2v) is 16.2. The normalized spacial score (nSPS) is 22.7. The van der Waals surface area contributed by atoms with Gasteiger partial charge in [0.1, 0.15) is 0 Å². The van der Waals surface area contributed by atoms with Crippen LogP contribution in [0.5, 0.6) is 0 Å². The Morgan fingerprint density at radius 2 is 1.19 bits per heavy atom. The summed E-state index contributed by atoms with van der Waals surface area (Å²) < 4.78 is 0. The number of aliphatic hydroxyl groups is 1. The molecular weight excluding hydrogens is 749 g/mol. The summed E-state index contributed by atoms with van der Waals surface area (Å²) in [6.45, 7) is 3.85. The van der Waals surface area contributed by atoms with Crippen LogP contribution in [0.3, 0.4) is 0 Å². The van der Waals surface area contributed by atoms with Crippen LogP contribution in [0, 0.1) is 11.8 Å². The van der Waals surface area contributed by atoms with Crippen LogP contribution in [0.15, 0.2) is 84.9 Å². The summed E-state index contributed by atoms with van der Waals surface area (Å²) in [5, 5.41) is 25.2. The lowest BCUT2D eigenvalue weighted by Gasteiger charge is -2.28. The van der Waals surface area contributed by atoms with Crippen molar-refractivity contribution in [2.75, 3.05) is 26.2 Å². The fourth-order valence-electron chi connectivity index (χ4n) is 7.90. The van der Waals surface area contributed by atoms with Crippen molar-refractivity contribution in [2.24, 2.45) is 11.8 Å². The summed E-state index contributed by atoms with van der Waals surface area (Å²) in [6.07, 6.45) is 6.65. The third kappa shape index (κ3) is 11.3. The van der Waals surface area contributed by atoms with Gasteiger partial charge in [-0.25, -0.2) is 0 Å². The molecule has 7 atom stereocenters. The topological polar surface area (TPSA) is 186 Å². The molecule has 59 heavy (non-hydrogen) atoms. The molecular formula is C46H58N6O7. The number of rotatable bonds is 20. The van der Waals surface area contributed by atoms with Crippen LogP contribution in [0.25, 0.3) is 0 Å². The van der Waals surface area contributed by atoms with E-state index < -0.39 is 41.8 Å². The van der Waals surface area contributed by atoms with E-state index >= 15 is 0 Å². The number of hydrogen-bond acceptors (Lipinski definition) is 7. The highest BCUT2D eigenvalue weighted by atomic mass is 16.3. The Morgan fingerprint density at radius 3 is 1.71 bits per heavy atom. The van der Waals surface area contributed by atoms with E-state index in [1.165, 1.54) is 29.2 Å². The highest BCUT2D eigenvalue weighted by Gasteiger charge is 2.49. The number of unbranched alkanes of at least 4 members (excludes halogenated alkanes) is 4. The number of nitrogens with zero attached hydrogens (tertiary/aromatic N) is 1. The Labute approximate surface area is 346 Å². The van der Waals surface area contributed by atoms with Gasteiger partial charge in [0.25, 0.3) is 17.7 Å². The molecule has 314 valence electrons. The molecule has 6 N–H and O–H groups in total. The van der Waals surface area contributed by atoms with Crippen molar-refractivity contribution in [3.63, 3.8) is 0 Å². The van der Waals surface area contributed by atoms with Crippen molar-refractivity contribution in [3.05, 3.63) is 107 Å². The van der Waals surface area contributed by atoms with E-state index in [2.05, 4.69) is 33.5 Å².